The number of pyridine rings is 1. The number of halogens is 2. The van der Waals surface area contributed by atoms with Gasteiger partial charge in [-0.15, -0.1) is 11.6 Å². The van der Waals surface area contributed by atoms with Gasteiger partial charge in [0.15, 0.2) is 0 Å². The zero-order valence-electron chi connectivity index (χ0n) is 10.1. The molecule has 2 heterocycles. The Bertz CT molecular complexity index is 706. The minimum Gasteiger partial charge on any atom is -0.322 e. The molecule has 3 nitrogen and oxygen atoms in total. The zero-order valence-corrected chi connectivity index (χ0v) is 10.8. The number of nitrogens with zero attached hydrogens (tertiary/aromatic N) is 3. The fourth-order valence-corrected chi connectivity index (χ4v) is 2.29. The number of hydrogen-bond donors (Lipinski definition) is 0. The summed E-state index contributed by atoms with van der Waals surface area (Å²) >= 11 is 5.93. The van der Waals surface area contributed by atoms with Crippen LogP contribution in [0.4, 0.5) is 4.39 Å². The molecule has 0 N–H and O–H groups in total. The van der Waals surface area contributed by atoms with E-state index in [9.17, 15) is 4.39 Å². The molecule has 3 rings (SSSR count). The molecular weight excluding hydrogens is 265 g/mol. The molecule has 3 aromatic rings. The van der Waals surface area contributed by atoms with E-state index in [4.69, 9.17) is 11.6 Å². The number of imidazole rings is 1. The number of aromatic nitrogens is 3. The monoisotopic (exact) mass is 275 g/mol. The first kappa shape index (κ1) is 12.1. The van der Waals surface area contributed by atoms with E-state index in [0.29, 0.717) is 12.4 Å². The van der Waals surface area contributed by atoms with Crippen LogP contribution >= 0.6 is 11.6 Å². The predicted octanol–water partition coefficient (Wildman–Crippen LogP) is 3.36. The lowest BCUT2D eigenvalue weighted by Crippen LogP contribution is -2.03. The molecule has 0 aliphatic carbocycles. The maximum atomic E-state index is 12.9. The second kappa shape index (κ2) is 4.97. The SMILES string of the molecule is Fc1ccc(Cn2c(CCl)nc3cnccc32)cc1. The van der Waals surface area contributed by atoms with Crippen LogP contribution in [0.2, 0.25) is 0 Å². The van der Waals surface area contributed by atoms with Crippen LogP contribution in [-0.2, 0) is 12.4 Å². The van der Waals surface area contributed by atoms with E-state index in [1.165, 1.54) is 12.1 Å². The highest BCUT2D eigenvalue weighted by Gasteiger charge is 2.10. The number of fused-ring (bicyclic) bond motifs is 1. The van der Waals surface area contributed by atoms with Crippen molar-refractivity contribution in [2.45, 2.75) is 12.4 Å². The molecule has 0 unspecified atom stereocenters. The molecule has 0 fully saturated rings. The number of alkyl halides is 1. The predicted molar refractivity (Wildman–Crippen MR) is 72.6 cm³/mol. The molecule has 0 spiro atoms. The van der Waals surface area contributed by atoms with E-state index in [-0.39, 0.29) is 5.82 Å². The Morgan fingerprint density at radius 3 is 2.68 bits per heavy atom. The van der Waals surface area contributed by atoms with E-state index < -0.39 is 0 Å². The third-order valence-corrected chi connectivity index (χ3v) is 3.24. The minimum absolute atomic E-state index is 0.235. The number of benzene rings is 1. The van der Waals surface area contributed by atoms with E-state index in [1.807, 2.05) is 10.6 Å². The van der Waals surface area contributed by atoms with Crippen molar-refractivity contribution in [3.05, 3.63) is 59.9 Å². The Kier molecular flexibility index (Phi) is 3.17. The van der Waals surface area contributed by atoms with Crippen LogP contribution in [0.15, 0.2) is 42.7 Å². The van der Waals surface area contributed by atoms with Crippen LogP contribution < -0.4 is 0 Å². The van der Waals surface area contributed by atoms with Crippen LogP contribution in [0.3, 0.4) is 0 Å². The van der Waals surface area contributed by atoms with Gasteiger partial charge in [0.25, 0.3) is 0 Å². The van der Waals surface area contributed by atoms with Gasteiger partial charge in [-0.1, -0.05) is 12.1 Å². The highest BCUT2D eigenvalue weighted by molar-refractivity contribution is 6.16. The van der Waals surface area contributed by atoms with Crippen molar-refractivity contribution < 1.29 is 4.39 Å². The average Bonchev–Trinajstić information content (AvgIpc) is 2.79. The first-order valence-electron chi connectivity index (χ1n) is 5.87. The quantitative estimate of drug-likeness (QED) is 0.686. The lowest BCUT2D eigenvalue weighted by atomic mass is 10.2. The molecule has 0 radical (unpaired) electrons. The van der Waals surface area contributed by atoms with E-state index >= 15 is 0 Å². The van der Waals surface area contributed by atoms with E-state index in [1.54, 1.807) is 24.5 Å². The van der Waals surface area contributed by atoms with Crippen molar-refractivity contribution in [3.8, 4) is 0 Å². The molecule has 0 saturated carbocycles. The molecule has 0 aliphatic rings. The van der Waals surface area contributed by atoms with Crippen molar-refractivity contribution in [2.24, 2.45) is 0 Å². The first-order valence-corrected chi connectivity index (χ1v) is 6.41. The molecule has 0 saturated heterocycles. The molecule has 5 heteroatoms. The zero-order chi connectivity index (χ0) is 13.2. The summed E-state index contributed by atoms with van der Waals surface area (Å²) in [5, 5.41) is 0. The van der Waals surface area contributed by atoms with Crippen molar-refractivity contribution >= 4 is 22.6 Å². The third kappa shape index (κ3) is 2.31. The van der Waals surface area contributed by atoms with Gasteiger partial charge in [-0.2, -0.15) is 0 Å². The van der Waals surface area contributed by atoms with Gasteiger partial charge in [-0.25, -0.2) is 9.37 Å². The fourth-order valence-electron chi connectivity index (χ4n) is 2.08. The molecule has 0 bridgehead atoms. The van der Waals surface area contributed by atoms with E-state index in [2.05, 4.69) is 9.97 Å². The maximum Gasteiger partial charge on any atom is 0.125 e. The summed E-state index contributed by atoms with van der Waals surface area (Å²) in [4.78, 5) is 8.49. The lowest BCUT2D eigenvalue weighted by Gasteiger charge is -2.07. The topological polar surface area (TPSA) is 30.7 Å². The normalized spacial score (nSPS) is 11.1. The summed E-state index contributed by atoms with van der Waals surface area (Å²) in [5.41, 5.74) is 2.80. The Balaban J connectivity index is 2.06. The maximum absolute atomic E-state index is 12.9. The first-order chi connectivity index (χ1) is 9.28. The molecule has 96 valence electrons. The summed E-state index contributed by atoms with van der Waals surface area (Å²) in [6, 6.07) is 8.34. The fraction of sp³-hybridized carbons (Fsp3) is 0.143. The van der Waals surface area contributed by atoms with Gasteiger partial charge in [-0.05, 0) is 23.8 Å². The summed E-state index contributed by atoms with van der Waals surface area (Å²) in [6.45, 7) is 0.614. The summed E-state index contributed by atoms with van der Waals surface area (Å²) in [6.07, 6.45) is 3.44. The van der Waals surface area contributed by atoms with Gasteiger partial charge in [0.05, 0.1) is 17.6 Å². The summed E-state index contributed by atoms with van der Waals surface area (Å²) in [7, 11) is 0. The van der Waals surface area contributed by atoms with Crippen LogP contribution in [0.5, 0.6) is 0 Å². The second-order valence-electron chi connectivity index (χ2n) is 4.24. The minimum atomic E-state index is -0.235. The number of hydrogen-bond acceptors (Lipinski definition) is 2. The Morgan fingerprint density at radius 2 is 1.95 bits per heavy atom. The molecule has 19 heavy (non-hydrogen) atoms. The van der Waals surface area contributed by atoms with Crippen molar-refractivity contribution in [1.82, 2.24) is 14.5 Å². The largest absolute Gasteiger partial charge is 0.322 e. The Morgan fingerprint density at radius 1 is 1.16 bits per heavy atom. The molecule has 0 amide bonds. The second-order valence-corrected chi connectivity index (χ2v) is 4.51. The highest BCUT2D eigenvalue weighted by atomic mass is 35.5. The van der Waals surface area contributed by atoms with Gasteiger partial charge >= 0.3 is 0 Å². The highest BCUT2D eigenvalue weighted by Crippen LogP contribution is 2.18. The van der Waals surface area contributed by atoms with Crippen LogP contribution in [0.25, 0.3) is 11.0 Å². The van der Waals surface area contributed by atoms with Crippen molar-refractivity contribution in [3.63, 3.8) is 0 Å². The smallest absolute Gasteiger partial charge is 0.125 e. The van der Waals surface area contributed by atoms with Crippen LogP contribution in [-0.4, -0.2) is 14.5 Å². The average molecular weight is 276 g/mol. The van der Waals surface area contributed by atoms with Gasteiger partial charge < -0.3 is 4.57 Å². The van der Waals surface area contributed by atoms with Gasteiger partial charge in [0, 0.05) is 12.7 Å². The molecular formula is C14H11ClFN3. The van der Waals surface area contributed by atoms with Gasteiger partial charge in [0.1, 0.15) is 17.2 Å². The summed E-state index contributed by atoms with van der Waals surface area (Å²) < 4.78 is 14.9. The lowest BCUT2D eigenvalue weighted by molar-refractivity contribution is 0.626. The van der Waals surface area contributed by atoms with Crippen LogP contribution in [0, 0.1) is 5.82 Å². The molecule has 0 atom stereocenters. The van der Waals surface area contributed by atoms with Crippen molar-refractivity contribution in [1.29, 1.82) is 0 Å². The van der Waals surface area contributed by atoms with E-state index in [0.717, 1.165) is 22.4 Å². The summed E-state index contributed by atoms with van der Waals surface area (Å²) in [5.74, 6) is 0.880. The van der Waals surface area contributed by atoms with Gasteiger partial charge in [-0.3, -0.25) is 4.98 Å². The van der Waals surface area contributed by atoms with Crippen LogP contribution in [0.1, 0.15) is 11.4 Å². The number of rotatable bonds is 3. The Labute approximate surface area is 114 Å². The molecule has 0 aliphatic heterocycles. The Hall–Kier alpha value is -1.94. The standard InChI is InChI=1S/C14H11ClFN3/c15-7-14-18-12-8-17-6-5-13(12)19(14)9-10-1-3-11(16)4-2-10/h1-6,8H,7,9H2. The third-order valence-electron chi connectivity index (χ3n) is 3.00. The van der Waals surface area contributed by atoms with Gasteiger partial charge in [0.2, 0.25) is 0 Å². The molecule has 2 aromatic heterocycles. The van der Waals surface area contributed by atoms with Crippen molar-refractivity contribution in [2.75, 3.05) is 0 Å². The molecule has 1 aromatic carbocycles.